The maximum absolute atomic E-state index is 13.1. The van der Waals surface area contributed by atoms with Gasteiger partial charge in [0.2, 0.25) is 5.91 Å². The molecule has 3 heterocycles. The predicted octanol–water partition coefficient (Wildman–Crippen LogP) is 2.34. The number of benzene rings is 1. The van der Waals surface area contributed by atoms with Gasteiger partial charge in [-0.2, -0.15) is 0 Å². The first kappa shape index (κ1) is 19.4. The van der Waals surface area contributed by atoms with Crippen molar-refractivity contribution in [3.8, 4) is 0 Å². The van der Waals surface area contributed by atoms with Crippen LogP contribution in [0, 0.1) is 5.92 Å². The third-order valence-electron chi connectivity index (χ3n) is 6.32. The number of fused-ring (bicyclic) bond motifs is 1. The van der Waals surface area contributed by atoms with Crippen molar-refractivity contribution in [2.75, 3.05) is 45.8 Å². The number of hydrogen-bond donors (Lipinski definition) is 0. The van der Waals surface area contributed by atoms with E-state index in [0.29, 0.717) is 5.91 Å². The Morgan fingerprint density at radius 1 is 1.11 bits per heavy atom. The minimum absolute atomic E-state index is 0.140. The van der Waals surface area contributed by atoms with Gasteiger partial charge in [0.15, 0.2) is 0 Å². The molecule has 6 heteroatoms. The third-order valence-corrected chi connectivity index (χ3v) is 6.32. The summed E-state index contributed by atoms with van der Waals surface area (Å²) in [7, 11) is 2.09. The number of piperazine rings is 1. The zero-order valence-corrected chi connectivity index (χ0v) is 17.3. The Morgan fingerprint density at radius 3 is 2.64 bits per heavy atom. The smallest absolute Gasteiger partial charge is 0.227 e. The number of para-hydroxylation sites is 2. The Kier molecular flexibility index (Phi) is 5.97. The van der Waals surface area contributed by atoms with Crippen LogP contribution in [0.4, 0.5) is 0 Å². The maximum atomic E-state index is 13.1. The summed E-state index contributed by atoms with van der Waals surface area (Å²) in [6.07, 6.45) is 3.30. The van der Waals surface area contributed by atoms with Gasteiger partial charge in [0, 0.05) is 39.8 Å². The van der Waals surface area contributed by atoms with Gasteiger partial charge in [0.25, 0.3) is 0 Å². The number of amides is 1. The lowest BCUT2D eigenvalue weighted by atomic mass is 9.96. The number of hydrogen-bond acceptors (Lipinski definition) is 4. The fourth-order valence-corrected chi connectivity index (χ4v) is 4.70. The molecule has 1 atom stereocenters. The van der Waals surface area contributed by atoms with Crippen molar-refractivity contribution in [2.24, 2.45) is 13.0 Å². The van der Waals surface area contributed by atoms with E-state index >= 15 is 0 Å². The van der Waals surface area contributed by atoms with Gasteiger partial charge in [0.05, 0.1) is 23.5 Å². The molecule has 2 aliphatic rings. The molecule has 6 nitrogen and oxygen atoms in total. The Labute approximate surface area is 168 Å². The normalized spacial score (nSPS) is 22.1. The molecular weight excluding hydrogens is 350 g/mol. The molecule has 2 aliphatic heterocycles. The fraction of sp³-hybridized carbons (Fsp3) is 0.636. The molecule has 28 heavy (non-hydrogen) atoms. The lowest BCUT2D eigenvalue weighted by molar-refractivity contribution is -0.139. The fourth-order valence-electron chi connectivity index (χ4n) is 4.70. The topological polar surface area (TPSA) is 44.6 Å². The summed E-state index contributed by atoms with van der Waals surface area (Å²) in [4.78, 5) is 24.9. The van der Waals surface area contributed by atoms with E-state index in [1.165, 1.54) is 11.9 Å². The van der Waals surface area contributed by atoms with Crippen LogP contribution < -0.4 is 0 Å². The van der Waals surface area contributed by atoms with Crippen LogP contribution in [-0.4, -0.2) is 76.0 Å². The van der Waals surface area contributed by atoms with Gasteiger partial charge in [-0.1, -0.05) is 19.1 Å². The molecular formula is C22H33N5O. The maximum Gasteiger partial charge on any atom is 0.227 e. The van der Waals surface area contributed by atoms with Gasteiger partial charge in [-0.3, -0.25) is 14.6 Å². The molecule has 0 aliphatic carbocycles. The van der Waals surface area contributed by atoms with Crippen LogP contribution in [0.3, 0.4) is 0 Å². The van der Waals surface area contributed by atoms with Crippen molar-refractivity contribution in [3.05, 3.63) is 30.1 Å². The minimum Gasteiger partial charge on any atom is -0.340 e. The largest absolute Gasteiger partial charge is 0.340 e. The number of aromatic nitrogens is 2. The van der Waals surface area contributed by atoms with Crippen LogP contribution in [0.15, 0.2) is 24.3 Å². The molecule has 0 saturated carbocycles. The summed E-state index contributed by atoms with van der Waals surface area (Å²) in [6, 6.07) is 8.28. The number of carbonyl (C=O) groups excluding carboxylic acids is 1. The van der Waals surface area contributed by atoms with Crippen molar-refractivity contribution in [1.29, 1.82) is 0 Å². The first-order chi connectivity index (χ1) is 13.7. The zero-order chi connectivity index (χ0) is 19.5. The van der Waals surface area contributed by atoms with Gasteiger partial charge < -0.3 is 9.47 Å². The van der Waals surface area contributed by atoms with E-state index in [-0.39, 0.29) is 5.92 Å². The number of aryl methyl sites for hydroxylation is 1. The molecule has 152 valence electrons. The van der Waals surface area contributed by atoms with E-state index in [1.54, 1.807) is 0 Å². The second kappa shape index (κ2) is 8.62. The summed E-state index contributed by atoms with van der Waals surface area (Å²) < 4.78 is 2.19. The van der Waals surface area contributed by atoms with Crippen LogP contribution in [0.1, 0.15) is 32.0 Å². The van der Waals surface area contributed by atoms with Crippen molar-refractivity contribution in [1.82, 2.24) is 24.3 Å². The van der Waals surface area contributed by atoms with Crippen LogP contribution >= 0.6 is 0 Å². The number of likely N-dealkylation sites (tertiary alicyclic amines) is 1. The highest BCUT2D eigenvalue weighted by Crippen LogP contribution is 2.22. The van der Waals surface area contributed by atoms with E-state index in [9.17, 15) is 4.79 Å². The monoisotopic (exact) mass is 383 g/mol. The van der Waals surface area contributed by atoms with E-state index in [1.807, 2.05) is 6.07 Å². The predicted molar refractivity (Wildman–Crippen MR) is 112 cm³/mol. The highest BCUT2D eigenvalue weighted by molar-refractivity contribution is 5.79. The summed E-state index contributed by atoms with van der Waals surface area (Å²) >= 11 is 0. The lowest BCUT2D eigenvalue weighted by Gasteiger charge is -2.39. The molecule has 0 bridgehead atoms. The van der Waals surface area contributed by atoms with E-state index in [4.69, 9.17) is 4.98 Å². The zero-order valence-electron chi connectivity index (χ0n) is 17.3. The van der Waals surface area contributed by atoms with Crippen molar-refractivity contribution >= 4 is 16.9 Å². The molecule has 1 aromatic heterocycles. The molecule has 2 aromatic rings. The minimum atomic E-state index is 0.140. The number of piperidine rings is 1. The number of rotatable bonds is 5. The Balaban J connectivity index is 1.36. The van der Waals surface area contributed by atoms with Crippen LogP contribution in [0.25, 0.3) is 11.0 Å². The number of nitrogens with zero attached hydrogens (tertiary/aromatic N) is 5. The lowest BCUT2D eigenvalue weighted by Crippen LogP contribution is -2.52. The first-order valence-corrected chi connectivity index (χ1v) is 10.8. The number of imidazole rings is 1. The second-order valence-electron chi connectivity index (χ2n) is 8.32. The molecule has 0 radical (unpaired) electrons. The second-order valence-corrected chi connectivity index (χ2v) is 8.32. The Morgan fingerprint density at radius 2 is 1.89 bits per heavy atom. The SMILES string of the molecule is CCCN1CCN(C(=O)[C@H]2CCCN(Cc3nc4ccccc4n3C)C2)CC1. The molecule has 4 rings (SSSR count). The van der Waals surface area contributed by atoms with Gasteiger partial charge in [0.1, 0.15) is 5.82 Å². The van der Waals surface area contributed by atoms with Crippen molar-refractivity contribution < 1.29 is 4.79 Å². The van der Waals surface area contributed by atoms with Crippen LogP contribution in [0.5, 0.6) is 0 Å². The molecule has 2 fully saturated rings. The summed E-state index contributed by atoms with van der Waals surface area (Å²) in [6.45, 7) is 9.93. The highest BCUT2D eigenvalue weighted by Gasteiger charge is 2.31. The average molecular weight is 384 g/mol. The molecule has 0 N–H and O–H groups in total. The van der Waals surface area contributed by atoms with Gasteiger partial charge in [-0.05, 0) is 44.5 Å². The van der Waals surface area contributed by atoms with E-state index in [2.05, 4.69) is 51.4 Å². The Bertz CT molecular complexity index is 808. The molecule has 1 aromatic carbocycles. The summed E-state index contributed by atoms with van der Waals surface area (Å²) in [5.41, 5.74) is 2.22. The standard InChI is InChI=1S/C22H33N5O/c1-3-10-25-12-14-27(15-13-25)22(28)18-7-6-11-26(16-18)17-21-23-19-8-4-5-9-20(19)24(21)2/h4-5,8-9,18H,3,6-7,10-17H2,1-2H3/t18-/m0/s1. The quantitative estimate of drug-likeness (QED) is 0.795. The molecule has 0 spiro atoms. The van der Waals surface area contributed by atoms with Crippen LogP contribution in [-0.2, 0) is 18.4 Å². The first-order valence-electron chi connectivity index (χ1n) is 10.8. The molecule has 0 unspecified atom stereocenters. The molecule has 1 amide bonds. The van der Waals surface area contributed by atoms with E-state index < -0.39 is 0 Å². The van der Waals surface area contributed by atoms with Crippen molar-refractivity contribution in [2.45, 2.75) is 32.7 Å². The average Bonchev–Trinajstić information content (AvgIpc) is 3.04. The summed E-state index contributed by atoms with van der Waals surface area (Å²) in [5, 5.41) is 0. The van der Waals surface area contributed by atoms with E-state index in [0.717, 1.165) is 76.5 Å². The van der Waals surface area contributed by atoms with Crippen LogP contribution in [0.2, 0.25) is 0 Å². The van der Waals surface area contributed by atoms with Gasteiger partial charge in [-0.15, -0.1) is 0 Å². The molecule has 2 saturated heterocycles. The third kappa shape index (κ3) is 4.08. The number of carbonyl (C=O) groups is 1. The highest BCUT2D eigenvalue weighted by atomic mass is 16.2. The van der Waals surface area contributed by atoms with Crippen molar-refractivity contribution in [3.63, 3.8) is 0 Å². The Hall–Kier alpha value is -1.92. The van der Waals surface area contributed by atoms with Gasteiger partial charge >= 0.3 is 0 Å². The van der Waals surface area contributed by atoms with Gasteiger partial charge in [-0.25, -0.2) is 4.98 Å². The summed E-state index contributed by atoms with van der Waals surface area (Å²) in [5.74, 6) is 1.59.